The zero-order valence-corrected chi connectivity index (χ0v) is 14.4. The highest BCUT2D eigenvalue weighted by atomic mass is 19.4. The Bertz CT molecular complexity index is 701. The highest BCUT2D eigenvalue weighted by Gasteiger charge is 2.50. The molecule has 0 saturated heterocycles. The van der Waals surface area contributed by atoms with Crippen molar-refractivity contribution in [3.05, 3.63) is 11.3 Å². The van der Waals surface area contributed by atoms with Gasteiger partial charge in [-0.3, -0.25) is 10.00 Å². The summed E-state index contributed by atoms with van der Waals surface area (Å²) >= 11 is 0. The van der Waals surface area contributed by atoms with Crippen molar-refractivity contribution in [2.24, 2.45) is 7.05 Å². The highest BCUT2D eigenvalue weighted by Crippen LogP contribution is 2.54. The largest absolute Gasteiger partial charge is 0.440 e. The first-order chi connectivity index (χ1) is 11.9. The number of carbonyl (C=O) groups is 1. The van der Waals surface area contributed by atoms with Gasteiger partial charge in [0, 0.05) is 31.4 Å². The van der Waals surface area contributed by atoms with E-state index in [1.807, 2.05) is 6.92 Å². The smallest absolute Gasteiger partial charge is 0.422 e. The van der Waals surface area contributed by atoms with Crippen LogP contribution in [0.25, 0.3) is 0 Å². The van der Waals surface area contributed by atoms with E-state index >= 15 is 0 Å². The normalized spacial score (nSPS) is 21.7. The molecule has 2 aliphatic carbocycles. The Kier molecular flexibility index (Phi) is 4.43. The molecule has 2 aliphatic rings. The van der Waals surface area contributed by atoms with Crippen LogP contribution >= 0.6 is 0 Å². The molecule has 1 aromatic heterocycles. The van der Waals surface area contributed by atoms with E-state index in [0.29, 0.717) is 11.3 Å². The molecule has 1 aromatic rings. The summed E-state index contributed by atoms with van der Waals surface area (Å²) < 4.78 is 68.7. The van der Waals surface area contributed by atoms with E-state index < -0.39 is 30.7 Å². The molecule has 2 saturated carbocycles. The molecule has 0 atom stereocenters. The van der Waals surface area contributed by atoms with Gasteiger partial charge in [-0.05, 0) is 18.3 Å². The summed E-state index contributed by atoms with van der Waals surface area (Å²) in [5.74, 6) is -2.94. The van der Waals surface area contributed by atoms with Gasteiger partial charge in [-0.2, -0.15) is 18.3 Å². The zero-order valence-electron chi connectivity index (χ0n) is 14.4. The van der Waals surface area contributed by atoms with E-state index in [9.17, 15) is 26.7 Å². The van der Waals surface area contributed by atoms with Crippen LogP contribution in [0.3, 0.4) is 0 Å². The van der Waals surface area contributed by atoms with Crippen LogP contribution in [0.1, 0.15) is 56.2 Å². The fraction of sp³-hybridized carbons (Fsp3) is 0.750. The number of hydrogen-bond acceptors (Lipinski definition) is 3. The zero-order chi connectivity index (χ0) is 19.3. The summed E-state index contributed by atoms with van der Waals surface area (Å²) in [6.45, 7) is 0.241. The number of ether oxygens (including phenoxy) is 1. The maximum atomic E-state index is 13.3. The molecule has 1 amide bonds. The number of carbonyl (C=O) groups excluding carboxylic acids is 1. The summed E-state index contributed by atoms with van der Waals surface area (Å²) in [5.41, 5.74) is 0.781. The monoisotopic (exact) mass is 381 g/mol. The lowest BCUT2D eigenvalue weighted by Crippen LogP contribution is -2.37. The second-order valence-electron chi connectivity index (χ2n) is 7.42. The number of hydrogen-bond donors (Lipinski definition) is 1. The highest BCUT2D eigenvalue weighted by molar-refractivity contribution is 5.85. The fourth-order valence-corrected chi connectivity index (χ4v) is 3.66. The first-order valence-corrected chi connectivity index (χ1v) is 8.36. The number of anilines is 1. The van der Waals surface area contributed by atoms with Crippen LogP contribution in [-0.2, 0) is 17.2 Å². The second kappa shape index (κ2) is 6.09. The molecule has 3 rings (SSSR count). The maximum Gasteiger partial charge on any atom is 0.422 e. The minimum Gasteiger partial charge on any atom is -0.440 e. The SMILES string of the molecule is Cn1nc(C2CC(F)(F)C2)c(C2(C)CCC2)c1NC(=O)OCC(F)(F)F. The van der Waals surface area contributed by atoms with Crippen molar-refractivity contribution in [1.82, 2.24) is 9.78 Å². The van der Waals surface area contributed by atoms with Crippen molar-refractivity contribution in [3.8, 4) is 0 Å². The van der Waals surface area contributed by atoms with Crippen LogP contribution in [0.4, 0.5) is 32.6 Å². The van der Waals surface area contributed by atoms with Gasteiger partial charge in [0.2, 0.25) is 5.92 Å². The van der Waals surface area contributed by atoms with E-state index in [0.717, 1.165) is 19.3 Å². The van der Waals surface area contributed by atoms with Gasteiger partial charge < -0.3 is 4.74 Å². The summed E-state index contributed by atoms with van der Waals surface area (Å²) in [4.78, 5) is 11.8. The molecular formula is C16H20F5N3O2. The standard InChI is InChI=1S/C16H20F5N3O2/c1-14(4-3-5-14)10-11(9-6-15(17,18)7-9)23-24(2)12(10)22-13(25)26-8-16(19,20)21/h9H,3-8H2,1-2H3,(H,22,25). The van der Waals surface area contributed by atoms with Crippen LogP contribution < -0.4 is 5.32 Å². The average molecular weight is 381 g/mol. The number of alkyl halides is 5. The van der Waals surface area contributed by atoms with Crippen molar-refractivity contribution >= 4 is 11.9 Å². The van der Waals surface area contributed by atoms with Crippen molar-refractivity contribution < 1.29 is 31.5 Å². The maximum absolute atomic E-state index is 13.3. The summed E-state index contributed by atoms with van der Waals surface area (Å²) in [7, 11) is 1.52. The molecule has 1 N–H and O–H groups in total. The number of aryl methyl sites for hydroxylation is 1. The first-order valence-electron chi connectivity index (χ1n) is 8.36. The van der Waals surface area contributed by atoms with Crippen LogP contribution in [0.15, 0.2) is 0 Å². The van der Waals surface area contributed by atoms with Gasteiger partial charge in [0.25, 0.3) is 0 Å². The Morgan fingerprint density at radius 3 is 2.42 bits per heavy atom. The minimum atomic E-state index is -4.63. The molecule has 0 aliphatic heterocycles. The lowest BCUT2D eigenvalue weighted by Gasteiger charge is -2.42. The topological polar surface area (TPSA) is 56.2 Å². The predicted molar refractivity (Wildman–Crippen MR) is 82.4 cm³/mol. The number of nitrogens with one attached hydrogen (secondary N) is 1. The lowest BCUT2D eigenvalue weighted by molar-refractivity contribution is -0.159. The summed E-state index contributed by atoms with van der Waals surface area (Å²) in [6.07, 6.45) is -3.98. The van der Waals surface area contributed by atoms with E-state index in [1.54, 1.807) is 0 Å². The molecule has 0 spiro atoms. The molecule has 0 unspecified atom stereocenters. The van der Waals surface area contributed by atoms with Gasteiger partial charge in [-0.15, -0.1) is 0 Å². The Morgan fingerprint density at radius 1 is 1.35 bits per heavy atom. The molecule has 1 heterocycles. The number of rotatable bonds is 4. The van der Waals surface area contributed by atoms with Crippen molar-refractivity contribution in [2.75, 3.05) is 11.9 Å². The number of amides is 1. The van der Waals surface area contributed by atoms with Gasteiger partial charge in [0.1, 0.15) is 5.82 Å². The van der Waals surface area contributed by atoms with Gasteiger partial charge in [-0.25, -0.2) is 13.6 Å². The van der Waals surface area contributed by atoms with Crippen LogP contribution in [-0.4, -0.2) is 34.6 Å². The Labute approximate surface area is 146 Å². The molecule has 0 aromatic carbocycles. The third kappa shape index (κ3) is 3.64. The van der Waals surface area contributed by atoms with Crippen molar-refractivity contribution in [3.63, 3.8) is 0 Å². The molecule has 0 bridgehead atoms. The van der Waals surface area contributed by atoms with Gasteiger partial charge in [-0.1, -0.05) is 13.3 Å². The average Bonchev–Trinajstić information content (AvgIpc) is 2.76. The van der Waals surface area contributed by atoms with E-state index in [2.05, 4.69) is 15.2 Å². The third-order valence-corrected chi connectivity index (χ3v) is 5.20. The van der Waals surface area contributed by atoms with Crippen molar-refractivity contribution in [1.29, 1.82) is 0 Å². The quantitative estimate of drug-likeness (QED) is 0.782. The predicted octanol–water partition coefficient (Wildman–Crippen LogP) is 4.49. The molecule has 10 heteroatoms. The molecular weight excluding hydrogens is 361 g/mol. The molecule has 26 heavy (non-hydrogen) atoms. The molecule has 0 radical (unpaired) electrons. The molecule has 2 fully saturated rings. The second-order valence-corrected chi connectivity index (χ2v) is 7.42. The van der Waals surface area contributed by atoms with E-state index in [-0.39, 0.29) is 24.1 Å². The van der Waals surface area contributed by atoms with Gasteiger partial charge in [0.05, 0.1) is 5.69 Å². The van der Waals surface area contributed by atoms with Gasteiger partial charge in [0.15, 0.2) is 6.61 Å². The lowest BCUT2D eigenvalue weighted by atomic mass is 9.63. The Hall–Kier alpha value is -1.87. The van der Waals surface area contributed by atoms with E-state index in [4.69, 9.17) is 0 Å². The number of nitrogens with zero attached hydrogens (tertiary/aromatic N) is 2. The Balaban J connectivity index is 1.85. The van der Waals surface area contributed by atoms with E-state index in [1.165, 1.54) is 11.7 Å². The molecule has 146 valence electrons. The van der Waals surface area contributed by atoms with Crippen molar-refractivity contribution in [2.45, 2.75) is 62.5 Å². The fourth-order valence-electron chi connectivity index (χ4n) is 3.66. The minimum absolute atomic E-state index is 0.213. The Morgan fingerprint density at radius 2 is 1.96 bits per heavy atom. The number of aromatic nitrogens is 2. The van der Waals surface area contributed by atoms with Crippen LogP contribution in [0, 0.1) is 0 Å². The number of halogens is 5. The first kappa shape index (κ1) is 18.9. The third-order valence-electron chi connectivity index (χ3n) is 5.20. The summed E-state index contributed by atoms with van der Waals surface area (Å²) in [6, 6.07) is 0. The van der Waals surface area contributed by atoms with Crippen LogP contribution in [0.5, 0.6) is 0 Å². The van der Waals surface area contributed by atoms with Crippen LogP contribution in [0.2, 0.25) is 0 Å². The summed E-state index contributed by atoms with van der Waals surface area (Å²) in [5, 5.41) is 6.62. The van der Waals surface area contributed by atoms with Gasteiger partial charge >= 0.3 is 12.3 Å². The molecule has 5 nitrogen and oxygen atoms in total.